The molecule has 0 radical (unpaired) electrons. The summed E-state index contributed by atoms with van der Waals surface area (Å²) in [6, 6.07) is 0. The van der Waals surface area contributed by atoms with E-state index >= 15 is 0 Å². The Labute approximate surface area is 105 Å². The van der Waals surface area contributed by atoms with E-state index in [2.05, 4.69) is 4.90 Å². The van der Waals surface area contributed by atoms with Crippen molar-refractivity contribution >= 4 is 9.84 Å². The Balaban J connectivity index is 2.73. The van der Waals surface area contributed by atoms with E-state index in [-0.39, 0.29) is 5.75 Å². The molecule has 0 aromatic carbocycles. The summed E-state index contributed by atoms with van der Waals surface area (Å²) in [5, 5.41) is 10.3. The van der Waals surface area contributed by atoms with Gasteiger partial charge in [-0.15, -0.1) is 0 Å². The Bertz CT molecular complexity index is 358. The molecule has 1 fully saturated rings. The second kappa shape index (κ2) is 4.86. The summed E-state index contributed by atoms with van der Waals surface area (Å²) in [6.07, 6.45) is 1.40. The van der Waals surface area contributed by atoms with E-state index in [4.69, 9.17) is 0 Å². The highest BCUT2D eigenvalue weighted by Gasteiger charge is 2.41. The van der Waals surface area contributed by atoms with Crippen LogP contribution in [0.2, 0.25) is 0 Å². The highest BCUT2D eigenvalue weighted by molar-refractivity contribution is 7.92. The van der Waals surface area contributed by atoms with E-state index in [0.29, 0.717) is 32.5 Å². The molecule has 0 bridgehead atoms. The van der Waals surface area contributed by atoms with Crippen molar-refractivity contribution in [1.29, 1.82) is 0 Å². The molecule has 102 valence electrons. The van der Waals surface area contributed by atoms with Crippen molar-refractivity contribution in [3.8, 4) is 0 Å². The van der Waals surface area contributed by atoms with Gasteiger partial charge in [0, 0.05) is 19.6 Å². The summed E-state index contributed by atoms with van der Waals surface area (Å²) in [6.45, 7) is 9.09. The summed E-state index contributed by atoms with van der Waals surface area (Å²) in [7, 11) is -2.99. The monoisotopic (exact) mass is 263 g/mol. The van der Waals surface area contributed by atoms with Crippen molar-refractivity contribution in [2.75, 3.05) is 25.4 Å². The van der Waals surface area contributed by atoms with Gasteiger partial charge in [-0.1, -0.05) is 13.8 Å². The van der Waals surface area contributed by atoms with Crippen LogP contribution in [-0.2, 0) is 9.84 Å². The van der Waals surface area contributed by atoms with Crippen LogP contribution in [0.1, 0.15) is 40.5 Å². The smallest absolute Gasteiger partial charge is 0.157 e. The lowest BCUT2D eigenvalue weighted by Crippen LogP contribution is -2.56. The number of aliphatic hydroxyl groups is 1. The normalized spacial score (nSPS) is 24.8. The molecule has 0 unspecified atom stereocenters. The van der Waals surface area contributed by atoms with E-state index in [0.717, 1.165) is 0 Å². The predicted octanol–water partition coefficient (Wildman–Crippen LogP) is 1.05. The van der Waals surface area contributed by atoms with Crippen molar-refractivity contribution < 1.29 is 13.5 Å². The van der Waals surface area contributed by atoms with Crippen LogP contribution in [0.25, 0.3) is 0 Å². The number of hydrogen-bond acceptors (Lipinski definition) is 4. The number of rotatable bonds is 4. The number of nitrogens with zero attached hydrogens (tertiary/aromatic N) is 1. The molecule has 0 saturated carbocycles. The van der Waals surface area contributed by atoms with Gasteiger partial charge in [-0.25, -0.2) is 8.42 Å². The Kier molecular flexibility index (Phi) is 4.27. The first-order valence-corrected chi connectivity index (χ1v) is 7.98. The number of sulfone groups is 1. The van der Waals surface area contributed by atoms with Crippen LogP contribution in [0.15, 0.2) is 0 Å². The summed E-state index contributed by atoms with van der Waals surface area (Å²) in [4.78, 5) is 2.08. The lowest BCUT2D eigenvalue weighted by Gasteiger charge is -2.41. The molecule has 0 aromatic heterocycles. The maximum atomic E-state index is 11.9. The summed E-state index contributed by atoms with van der Waals surface area (Å²) in [5.41, 5.74) is -0.683. The van der Waals surface area contributed by atoms with Crippen LogP contribution in [0.5, 0.6) is 0 Å². The molecule has 1 N–H and O–H groups in total. The summed E-state index contributed by atoms with van der Waals surface area (Å²) >= 11 is 0. The highest BCUT2D eigenvalue weighted by atomic mass is 32.2. The predicted molar refractivity (Wildman–Crippen MR) is 69.8 cm³/mol. The van der Waals surface area contributed by atoms with Gasteiger partial charge in [0.05, 0.1) is 16.1 Å². The van der Waals surface area contributed by atoms with E-state index < -0.39 is 20.2 Å². The molecule has 17 heavy (non-hydrogen) atoms. The van der Waals surface area contributed by atoms with Gasteiger partial charge in [0.2, 0.25) is 0 Å². The maximum Gasteiger partial charge on any atom is 0.157 e. The molecule has 0 atom stereocenters. The first-order chi connectivity index (χ1) is 7.66. The third-order valence-electron chi connectivity index (χ3n) is 3.96. The van der Waals surface area contributed by atoms with E-state index in [9.17, 15) is 13.5 Å². The maximum absolute atomic E-state index is 11.9. The fourth-order valence-corrected chi connectivity index (χ4v) is 3.70. The van der Waals surface area contributed by atoms with Crippen molar-refractivity contribution in [3.63, 3.8) is 0 Å². The molecule has 0 amide bonds. The second-order valence-electron chi connectivity index (χ2n) is 5.72. The Morgan fingerprint density at radius 2 is 1.82 bits per heavy atom. The lowest BCUT2D eigenvalue weighted by atomic mass is 9.96. The number of hydrogen-bond donors (Lipinski definition) is 1. The largest absolute Gasteiger partial charge is 0.389 e. The highest BCUT2D eigenvalue weighted by Crippen LogP contribution is 2.26. The van der Waals surface area contributed by atoms with E-state index in [1.54, 1.807) is 13.8 Å². The third-order valence-corrected chi connectivity index (χ3v) is 6.49. The molecule has 1 rings (SSSR count). The van der Waals surface area contributed by atoms with Gasteiger partial charge in [0.1, 0.15) is 0 Å². The minimum Gasteiger partial charge on any atom is -0.389 e. The zero-order chi connectivity index (χ0) is 13.3. The average Bonchev–Trinajstić information content (AvgIpc) is 2.23. The van der Waals surface area contributed by atoms with Crippen LogP contribution in [-0.4, -0.2) is 54.2 Å². The minimum absolute atomic E-state index is 0.198. The molecule has 0 aliphatic carbocycles. The average molecular weight is 263 g/mol. The Morgan fingerprint density at radius 1 is 1.29 bits per heavy atom. The summed E-state index contributed by atoms with van der Waals surface area (Å²) in [5.74, 6) is 0.198. The van der Waals surface area contributed by atoms with Crippen molar-refractivity contribution in [2.24, 2.45) is 0 Å². The van der Waals surface area contributed by atoms with Gasteiger partial charge in [0.15, 0.2) is 9.84 Å². The van der Waals surface area contributed by atoms with Gasteiger partial charge in [-0.2, -0.15) is 0 Å². The Morgan fingerprint density at radius 3 is 2.24 bits per heavy atom. The van der Waals surface area contributed by atoms with Gasteiger partial charge in [0.25, 0.3) is 0 Å². The topological polar surface area (TPSA) is 57.6 Å². The van der Waals surface area contributed by atoms with Crippen molar-refractivity contribution in [3.05, 3.63) is 0 Å². The van der Waals surface area contributed by atoms with Gasteiger partial charge >= 0.3 is 0 Å². The van der Waals surface area contributed by atoms with Gasteiger partial charge in [-0.3, -0.25) is 4.90 Å². The fraction of sp³-hybridized carbons (Fsp3) is 1.00. The molecule has 1 saturated heterocycles. The van der Waals surface area contributed by atoms with Crippen LogP contribution >= 0.6 is 0 Å². The second-order valence-corrected chi connectivity index (χ2v) is 8.46. The minimum atomic E-state index is -2.99. The first-order valence-electron chi connectivity index (χ1n) is 6.33. The Hall–Kier alpha value is -0.130. The molecule has 0 spiro atoms. The molecule has 1 aliphatic heterocycles. The summed E-state index contributed by atoms with van der Waals surface area (Å²) < 4.78 is 23.0. The SMILES string of the molecule is CCC(O)(CC)CN1CCS(=O)(=O)C(C)(C)C1. The standard InChI is InChI=1S/C12H25NO3S/c1-5-12(14,6-2)10-13-7-8-17(15,16)11(3,4)9-13/h14H,5-10H2,1-4H3. The van der Waals surface area contributed by atoms with Crippen molar-refractivity contribution in [1.82, 2.24) is 4.90 Å². The third kappa shape index (κ3) is 3.20. The molecular formula is C12H25NO3S. The zero-order valence-corrected chi connectivity index (χ0v) is 12.2. The quantitative estimate of drug-likeness (QED) is 0.823. The van der Waals surface area contributed by atoms with Crippen LogP contribution in [0.3, 0.4) is 0 Å². The van der Waals surface area contributed by atoms with E-state index in [1.807, 2.05) is 13.8 Å². The van der Waals surface area contributed by atoms with Crippen molar-refractivity contribution in [2.45, 2.75) is 50.9 Å². The van der Waals surface area contributed by atoms with Gasteiger partial charge in [-0.05, 0) is 26.7 Å². The molecule has 5 heteroatoms. The number of β-amino-alcohol motifs (C(OH)–C–C–N with tert-alkyl or cyclic N) is 1. The molecule has 1 heterocycles. The molecular weight excluding hydrogens is 238 g/mol. The molecule has 4 nitrogen and oxygen atoms in total. The van der Waals surface area contributed by atoms with Gasteiger partial charge < -0.3 is 5.11 Å². The lowest BCUT2D eigenvalue weighted by molar-refractivity contribution is -0.00493. The van der Waals surface area contributed by atoms with Crippen LogP contribution in [0.4, 0.5) is 0 Å². The van der Waals surface area contributed by atoms with Crippen LogP contribution in [0, 0.1) is 0 Å². The molecule has 1 aliphatic rings. The van der Waals surface area contributed by atoms with Crippen LogP contribution < -0.4 is 0 Å². The van der Waals surface area contributed by atoms with E-state index in [1.165, 1.54) is 0 Å². The zero-order valence-electron chi connectivity index (χ0n) is 11.4. The first kappa shape index (κ1) is 14.9. The molecule has 0 aromatic rings. The fourth-order valence-electron chi connectivity index (χ4n) is 2.27.